The maximum Gasteiger partial charge on any atom is 0.176 e. The molecule has 2 rings (SSSR count). The molecule has 2 N–H and O–H groups in total. The molecule has 1 heterocycles. The van der Waals surface area contributed by atoms with Crippen molar-refractivity contribution < 1.29 is 9.15 Å². The molecule has 1 aromatic carbocycles. The topological polar surface area (TPSA) is 48.4 Å². The summed E-state index contributed by atoms with van der Waals surface area (Å²) in [5.74, 6) is 0.750. The van der Waals surface area contributed by atoms with Gasteiger partial charge in [-0.15, -0.1) is 0 Å². The minimum atomic E-state index is 0.533. The van der Waals surface area contributed by atoms with Crippen LogP contribution in [0.4, 0.5) is 0 Å². The number of benzene rings is 1. The molecular formula is C12H13NO2. The second-order valence-corrected chi connectivity index (χ2v) is 3.16. The largest absolute Gasteiger partial charge is 0.493 e. The van der Waals surface area contributed by atoms with Crippen molar-refractivity contribution in [3.63, 3.8) is 0 Å². The zero-order valence-electron chi connectivity index (χ0n) is 8.57. The third-order valence-corrected chi connectivity index (χ3v) is 2.27. The molecule has 0 aliphatic rings. The smallest absolute Gasteiger partial charge is 0.176 e. The Kier molecular flexibility index (Phi) is 2.74. The van der Waals surface area contributed by atoms with Gasteiger partial charge in [-0.05, 0) is 17.7 Å². The van der Waals surface area contributed by atoms with Gasteiger partial charge in [0.1, 0.15) is 0 Å². The van der Waals surface area contributed by atoms with Crippen LogP contribution >= 0.6 is 0 Å². The molecule has 0 aliphatic carbocycles. The third-order valence-electron chi connectivity index (χ3n) is 2.27. The van der Waals surface area contributed by atoms with Gasteiger partial charge >= 0.3 is 0 Å². The number of hydrogen-bond donors (Lipinski definition) is 1. The van der Waals surface area contributed by atoms with Gasteiger partial charge in [0.2, 0.25) is 0 Å². The van der Waals surface area contributed by atoms with Crippen molar-refractivity contribution in [3.05, 3.63) is 36.1 Å². The van der Waals surface area contributed by atoms with E-state index in [1.165, 1.54) is 0 Å². The molecule has 0 radical (unpaired) electrons. The lowest BCUT2D eigenvalue weighted by atomic mass is 10.1. The Balaban J connectivity index is 2.58. The van der Waals surface area contributed by atoms with Crippen LogP contribution in [0.25, 0.3) is 17.0 Å². The number of furan rings is 1. The lowest BCUT2D eigenvalue weighted by Crippen LogP contribution is -1.92. The molecule has 0 fully saturated rings. The standard InChI is InChI=1S/C12H13NO2/c1-14-11-5-4-9(3-2-7-13)10-6-8-15-12(10)11/h2-6,8H,7,13H2,1H3/b3-2+. The molecule has 0 atom stereocenters. The molecule has 0 amide bonds. The summed E-state index contributed by atoms with van der Waals surface area (Å²) >= 11 is 0. The highest BCUT2D eigenvalue weighted by molar-refractivity contribution is 5.91. The van der Waals surface area contributed by atoms with Crippen molar-refractivity contribution >= 4 is 17.0 Å². The summed E-state index contributed by atoms with van der Waals surface area (Å²) < 4.78 is 10.6. The third kappa shape index (κ3) is 1.74. The second-order valence-electron chi connectivity index (χ2n) is 3.16. The van der Waals surface area contributed by atoms with E-state index in [1.807, 2.05) is 30.4 Å². The first-order chi connectivity index (χ1) is 7.36. The summed E-state index contributed by atoms with van der Waals surface area (Å²) in [5.41, 5.74) is 7.28. The van der Waals surface area contributed by atoms with Crippen LogP contribution in [0.2, 0.25) is 0 Å². The predicted molar refractivity (Wildman–Crippen MR) is 60.9 cm³/mol. The zero-order chi connectivity index (χ0) is 10.7. The van der Waals surface area contributed by atoms with Gasteiger partial charge in [0, 0.05) is 11.9 Å². The number of fused-ring (bicyclic) bond motifs is 1. The average Bonchev–Trinajstić information content (AvgIpc) is 2.74. The molecule has 0 saturated heterocycles. The van der Waals surface area contributed by atoms with E-state index in [1.54, 1.807) is 13.4 Å². The molecule has 0 spiro atoms. The van der Waals surface area contributed by atoms with Crippen LogP contribution in [0.5, 0.6) is 5.75 Å². The summed E-state index contributed by atoms with van der Waals surface area (Å²) in [5, 5.41) is 1.04. The molecule has 78 valence electrons. The van der Waals surface area contributed by atoms with Gasteiger partial charge in [-0.1, -0.05) is 18.2 Å². The Morgan fingerprint density at radius 2 is 2.27 bits per heavy atom. The van der Waals surface area contributed by atoms with Gasteiger partial charge in [-0.25, -0.2) is 0 Å². The maximum absolute atomic E-state index is 5.42. The molecule has 3 nitrogen and oxygen atoms in total. The highest BCUT2D eigenvalue weighted by atomic mass is 16.5. The minimum absolute atomic E-state index is 0.533. The predicted octanol–water partition coefficient (Wildman–Crippen LogP) is 2.41. The van der Waals surface area contributed by atoms with E-state index in [2.05, 4.69) is 0 Å². The zero-order valence-corrected chi connectivity index (χ0v) is 8.57. The number of ether oxygens (including phenoxy) is 1. The fourth-order valence-electron chi connectivity index (χ4n) is 1.56. The molecule has 15 heavy (non-hydrogen) atoms. The maximum atomic E-state index is 5.42. The number of methoxy groups -OCH3 is 1. The van der Waals surface area contributed by atoms with Crippen molar-refractivity contribution in [1.82, 2.24) is 0 Å². The molecule has 1 aromatic heterocycles. The van der Waals surface area contributed by atoms with Gasteiger partial charge in [0.05, 0.1) is 13.4 Å². The van der Waals surface area contributed by atoms with Crippen LogP contribution in [0, 0.1) is 0 Å². The first kappa shape index (κ1) is 9.80. The Bertz CT molecular complexity index is 485. The summed E-state index contributed by atoms with van der Waals surface area (Å²) in [6.45, 7) is 0.533. The first-order valence-corrected chi connectivity index (χ1v) is 4.77. The monoisotopic (exact) mass is 203 g/mol. The summed E-state index contributed by atoms with van der Waals surface area (Å²) in [7, 11) is 1.63. The van der Waals surface area contributed by atoms with Crippen molar-refractivity contribution in [2.75, 3.05) is 13.7 Å². The van der Waals surface area contributed by atoms with E-state index in [0.29, 0.717) is 6.54 Å². The lowest BCUT2D eigenvalue weighted by Gasteiger charge is -2.02. The van der Waals surface area contributed by atoms with Gasteiger partial charge in [-0.3, -0.25) is 0 Å². The molecule has 0 saturated carbocycles. The molecule has 3 heteroatoms. The normalized spacial score (nSPS) is 11.3. The Labute approximate surface area is 88.1 Å². The average molecular weight is 203 g/mol. The number of nitrogens with two attached hydrogens (primary N) is 1. The van der Waals surface area contributed by atoms with E-state index in [-0.39, 0.29) is 0 Å². The van der Waals surface area contributed by atoms with Crippen molar-refractivity contribution in [1.29, 1.82) is 0 Å². The quantitative estimate of drug-likeness (QED) is 0.833. The van der Waals surface area contributed by atoms with Crippen LogP contribution in [-0.2, 0) is 0 Å². The van der Waals surface area contributed by atoms with Crippen molar-refractivity contribution in [2.24, 2.45) is 5.73 Å². The van der Waals surface area contributed by atoms with Gasteiger partial charge in [0.15, 0.2) is 11.3 Å². The van der Waals surface area contributed by atoms with Crippen LogP contribution in [0.3, 0.4) is 0 Å². The van der Waals surface area contributed by atoms with Gasteiger partial charge < -0.3 is 14.9 Å². The van der Waals surface area contributed by atoms with E-state index in [4.69, 9.17) is 14.9 Å². The Morgan fingerprint density at radius 3 is 3.00 bits per heavy atom. The van der Waals surface area contributed by atoms with E-state index >= 15 is 0 Å². The van der Waals surface area contributed by atoms with Gasteiger partial charge in [-0.2, -0.15) is 0 Å². The van der Waals surface area contributed by atoms with Crippen molar-refractivity contribution in [3.8, 4) is 5.75 Å². The van der Waals surface area contributed by atoms with Crippen LogP contribution in [0.1, 0.15) is 5.56 Å². The van der Waals surface area contributed by atoms with E-state index < -0.39 is 0 Å². The first-order valence-electron chi connectivity index (χ1n) is 4.77. The van der Waals surface area contributed by atoms with E-state index in [9.17, 15) is 0 Å². The molecule has 2 aromatic rings. The molecular weight excluding hydrogens is 190 g/mol. The fourth-order valence-corrected chi connectivity index (χ4v) is 1.56. The van der Waals surface area contributed by atoms with Crippen LogP contribution in [-0.4, -0.2) is 13.7 Å². The van der Waals surface area contributed by atoms with Gasteiger partial charge in [0.25, 0.3) is 0 Å². The second kappa shape index (κ2) is 4.19. The minimum Gasteiger partial charge on any atom is -0.493 e. The number of hydrogen-bond acceptors (Lipinski definition) is 3. The molecule has 0 aliphatic heterocycles. The SMILES string of the molecule is COc1ccc(/C=C/CN)c2ccoc12. The molecule has 0 unspecified atom stereocenters. The highest BCUT2D eigenvalue weighted by Crippen LogP contribution is 2.29. The van der Waals surface area contributed by atoms with Crippen molar-refractivity contribution in [2.45, 2.75) is 0 Å². The summed E-state index contributed by atoms with van der Waals surface area (Å²) in [6.07, 6.45) is 5.55. The number of rotatable bonds is 3. The van der Waals surface area contributed by atoms with E-state index in [0.717, 1.165) is 22.3 Å². The summed E-state index contributed by atoms with van der Waals surface area (Å²) in [4.78, 5) is 0. The molecule has 0 bridgehead atoms. The lowest BCUT2D eigenvalue weighted by molar-refractivity contribution is 0.410. The van der Waals surface area contributed by atoms with Crippen LogP contribution in [0.15, 0.2) is 35.0 Å². The highest BCUT2D eigenvalue weighted by Gasteiger charge is 2.06. The Morgan fingerprint density at radius 1 is 1.40 bits per heavy atom. The fraction of sp³-hybridized carbons (Fsp3) is 0.167. The summed E-state index contributed by atoms with van der Waals surface area (Å²) in [6, 6.07) is 5.80. The van der Waals surface area contributed by atoms with Crippen LogP contribution < -0.4 is 10.5 Å². The Hall–Kier alpha value is -1.74.